The van der Waals surface area contributed by atoms with Crippen LogP contribution in [-0.4, -0.2) is 38.3 Å². The van der Waals surface area contributed by atoms with Gasteiger partial charge in [-0.2, -0.15) is 4.31 Å². The second-order valence-corrected chi connectivity index (χ2v) is 9.49. The number of ether oxygens (including phenoxy) is 1. The van der Waals surface area contributed by atoms with Gasteiger partial charge in [-0.05, 0) is 29.7 Å². The zero-order chi connectivity index (χ0) is 20.8. The molecule has 10 heteroatoms. The van der Waals surface area contributed by atoms with Crippen LogP contribution in [0.2, 0.25) is 0 Å². The lowest BCUT2D eigenvalue weighted by Crippen LogP contribution is -2.42. The van der Waals surface area contributed by atoms with Gasteiger partial charge in [0.25, 0.3) is 5.91 Å². The van der Waals surface area contributed by atoms with E-state index in [0.717, 1.165) is 26.5 Å². The fraction of sp³-hybridized carbons (Fsp3) is 0.211. The molecule has 4 rings (SSSR count). The molecule has 0 aliphatic carbocycles. The van der Waals surface area contributed by atoms with Crippen molar-refractivity contribution < 1.29 is 26.7 Å². The van der Waals surface area contributed by atoms with Gasteiger partial charge in [-0.25, -0.2) is 17.2 Å². The summed E-state index contributed by atoms with van der Waals surface area (Å²) in [5.41, 5.74) is 6.08. The van der Waals surface area contributed by atoms with Gasteiger partial charge < -0.3 is 10.5 Å². The van der Waals surface area contributed by atoms with Crippen molar-refractivity contribution in [1.29, 1.82) is 0 Å². The van der Waals surface area contributed by atoms with E-state index in [1.54, 1.807) is 0 Å². The minimum absolute atomic E-state index is 0.0474. The molecular weight excluding hydrogens is 422 g/mol. The Labute approximate surface area is 169 Å². The first kappa shape index (κ1) is 19.9. The molecule has 1 amide bonds. The first-order chi connectivity index (χ1) is 13.8. The smallest absolute Gasteiger partial charge is 0.259 e. The topological polar surface area (TPSA) is 89.7 Å². The van der Waals surface area contributed by atoms with Crippen LogP contribution in [-0.2, 0) is 14.8 Å². The van der Waals surface area contributed by atoms with Crippen LogP contribution in [0.5, 0.6) is 0 Å². The average molecular weight is 438 g/mol. The molecule has 0 bridgehead atoms. The molecule has 1 atom stereocenters. The monoisotopic (exact) mass is 438 g/mol. The maximum Gasteiger partial charge on any atom is 0.259 e. The van der Waals surface area contributed by atoms with Crippen LogP contribution in [0.3, 0.4) is 0 Å². The normalized spacial score (nSPS) is 18.2. The van der Waals surface area contributed by atoms with E-state index in [1.165, 1.54) is 11.3 Å². The number of morpholine rings is 1. The number of benzene rings is 2. The summed E-state index contributed by atoms with van der Waals surface area (Å²) in [4.78, 5) is 11.9. The predicted molar refractivity (Wildman–Crippen MR) is 104 cm³/mol. The van der Waals surface area contributed by atoms with E-state index in [4.69, 9.17) is 10.5 Å². The van der Waals surface area contributed by atoms with Gasteiger partial charge in [0, 0.05) is 23.4 Å². The number of halogens is 2. The van der Waals surface area contributed by atoms with Crippen molar-refractivity contribution >= 4 is 37.4 Å². The summed E-state index contributed by atoms with van der Waals surface area (Å²) in [6, 6.07) is 9.75. The number of nitrogens with two attached hydrogens (primary N) is 1. The third-order valence-electron chi connectivity index (χ3n) is 4.74. The number of carbonyl (C=O) groups is 1. The summed E-state index contributed by atoms with van der Waals surface area (Å²) in [6.45, 7) is 0.0457. The van der Waals surface area contributed by atoms with Gasteiger partial charge in [-0.1, -0.05) is 18.2 Å². The third kappa shape index (κ3) is 3.52. The fourth-order valence-electron chi connectivity index (χ4n) is 3.37. The second kappa shape index (κ2) is 7.45. The highest BCUT2D eigenvalue weighted by Crippen LogP contribution is 2.38. The zero-order valence-electron chi connectivity index (χ0n) is 15.0. The Balaban J connectivity index is 1.72. The molecule has 3 aromatic rings. The van der Waals surface area contributed by atoms with Gasteiger partial charge in [-0.3, -0.25) is 4.79 Å². The lowest BCUT2D eigenvalue weighted by molar-refractivity contribution is -0.00189. The summed E-state index contributed by atoms with van der Waals surface area (Å²) in [5.74, 6) is -2.99. The number of carbonyl (C=O) groups excluding carboxylic acids is 1. The number of rotatable bonds is 4. The molecule has 2 heterocycles. The van der Waals surface area contributed by atoms with E-state index in [9.17, 15) is 22.0 Å². The Morgan fingerprint density at radius 2 is 1.93 bits per heavy atom. The first-order valence-electron chi connectivity index (χ1n) is 8.67. The summed E-state index contributed by atoms with van der Waals surface area (Å²) in [5, 5.41) is 0.767. The van der Waals surface area contributed by atoms with Crippen molar-refractivity contribution in [2.45, 2.75) is 11.0 Å². The Bertz CT molecular complexity index is 1210. The Hall–Kier alpha value is -2.40. The maximum absolute atomic E-state index is 13.6. The molecule has 0 unspecified atom stereocenters. The molecular formula is C19H16F2N2O4S2. The minimum Gasteiger partial charge on any atom is -0.371 e. The standard InChI is InChI=1S/C19H16F2N2O4S2/c20-13-6-5-11(9-14(13)21)29(25,26)23-7-8-27-15(10-23)17-12-3-1-2-4-16(12)28-18(17)19(22)24/h1-6,9,15H,7-8,10H2,(H2,22,24)/t15-/m0/s1. The van der Waals surface area contributed by atoms with Gasteiger partial charge in [0.15, 0.2) is 11.6 Å². The van der Waals surface area contributed by atoms with E-state index >= 15 is 0 Å². The zero-order valence-corrected chi connectivity index (χ0v) is 16.6. The molecule has 1 saturated heterocycles. The molecule has 0 spiro atoms. The molecule has 0 saturated carbocycles. The number of hydrogen-bond donors (Lipinski definition) is 1. The van der Waals surface area contributed by atoms with E-state index in [0.29, 0.717) is 16.5 Å². The molecule has 1 fully saturated rings. The Kier molecular flexibility index (Phi) is 5.11. The van der Waals surface area contributed by atoms with Crippen LogP contribution in [0.1, 0.15) is 21.3 Å². The first-order valence-corrected chi connectivity index (χ1v) is 10.9. The number of amides is 1. The minimum atomic E-state index is -4.08. The van der Waals surface area contributed by atoms with Gasteiger partial charge in [0.1, 0.15) is 0 Å². The number of fused-ring (bicyclic) bond motifs is 1. The molecule has 0 radical (unpaired) electrons. The van der Waals surface area contributed by atoms with Crippen molar-refractivity contribution in [3.63, 3.8) is 0 Å². The van der Waals surface area contributed by atoms with Crippen LogP contribution in [0, 0.1) is 11.6 Å². The molecule has 152 valence electrons. The quantitative estimate of drug-likeness (QED) is 0.678. The van der Waals surface area contributed by atoms with Crippen molar-refractivity contribution in [1.82, 2.24) is 4.31 Å². The predicted octanol–water partition coefficient (Wildman–Crippen LogP) is 3.04. The number of hydrogen-bond acceptors (Lipinski definition) is 5. The largest absolute Gasteiger partial charge is 0.371 e. The highest BCUT2D eigenvalue weighted by molar-refractivity contribution is 7.89. The summed E-state index contributed by atoms with van der Waals surface area (Å²) >= 11 is 1.22. The number of primary amides is 1. The summed E-state index contributed by atoms with van der Waals surface area (Å²) < 4.78 is 60.4. The molecule has 1 aromatic heterocycles. The molecule has 1 aliphatic rings. The van der Waals surface area contributed by atoms with Crippen LogP contribution >= 0.6 is 11.3 Å². The van der Waals surface area contributed by atoms with Gasteiger partial charge >= 0.3 is 0 Å². The van der Waals surface area contributed by atoms with Crippen LogP contribution < -0.4 is 5.73 Å². The highest BCUT2D eigenvalue weighted by atomic mass is 32.2. The number of sulfonamides is 1. The maximum atomic E-state index is 13.6. The van der Waals surface area contributed by atoms with Crippen LogP contribution in [0.25, 0.3) is 10.1 Å². The van der Waals surface area contributed by atoms with Crippen LogP contribution in [0.4, 0.5) is 8.78 Å². The van der Waals surface area contributed by atoms with Gasteiger partial charge in [0.05, 0.1) is 22.5 Å². The van der Waals surface area contributed by atoms with Crippen molar-refractivity contribution in [2.75, 3.05) is 19.7 Å². The Morgan fingerprint density at radius 3 is 2.66 bits per heavy atom. The molecule has 6 nitrogen and oxygen atoms in total. The van der Waals surface area contributed by atoms with Crippen LogP contribution in [0.15, 0.2) is 47.4 Å². The van der Waals surface area contributed by atoms with Crippen molar-refractivity contribution in [3.05, 3.63) is 64.5 Å². The second-order valence-electron chi connectivity index (χ2n) is 6.50. The lowest BCUT2D eigenvalue weighted by atomic mass is 10.0. The molecule has 1 aliphatic heterocycles. The third-order valence-corrected chi connectivity index (χ3v) is 7.80. The summed E-state index contributed by atoms with van der Waals surface area (Å²) in [7, 11) is -4.08. The fourth-order valence-corrected chi connectivity index (χ4v) is 5.92. The SMILES string of the molecule is NC(=O)c1sc2ccccc2c1[C@@H]1CN(S(=O)(=O)c2ccc(F)c(F)c2)CCO1. The molecule has 29 heavy (non-hydrogen) atoms. The Morgan fingerprint density at radius 1 is 1.17 bits per heavy atom. The van der Waals surface area contributed by atoms with Crippen molar-refractivity contribution in [2.24, 2.45) is 5.73 Å². The van der Waals surface area contributed by atoms with Gasteiger partial charge in [-0.15, -0.1) is 11.3 Å². The molecule has 2 N–H and O–H groups in total. The van der Waals surface area contributed by atoms with E-state index in [2.05, 4.69) is 0 Å². The molecule has 2 aromatic carbocycles. The van der Waals surface area contributed by atoms with Crippen molar-refractivity contribution in [3.8, 4) is 0 Å². The van der Waals surface area contributed by atoms with Gasteiger partial charge in [0.2, 0.25) is 10.0 Å². The number of nitrogens with zero attached hydrogens (tertiary/aromatic N) is 1. The van der Waals surface area contributed by atoms with E-state index in [1.807, 2.05) is 24.3 Å². The number of thiophene rings is 1. The average Bonchev–Trinajstić information content (AvgIpc) is 3.10. The van der Waals surface area contributed by atoms with E-state index in [-0.39, 0.29) is 24.6 Å². The lowest BCUT2D eigenvalue weighted by Gasteiger charge is -2.32. The summed E-state index contributed by atoms with van der Waals surface area (Å²) in [6.07, 6.45) is -0.720. The highest BCUT2D eigenvalue weighted by Gasteiger charge is 2.35. The van der Waals surface area contributed by atoms with E-state index < -0.39 is 33.7 Å².